The second-order valence-electron chi connectivity index (χ2n) is 3.57. The Morgan fingerprint density at radius 2 is 2.06 bits per heavy atom. The summed E-state index contributed by atoms with van der Waals surface area (Å²) in [6.45, 7) is 2.60. The zero-order valence-corrected chi connectivity index (χ0v) is 10.1. The van der Waals surface area contributed by atoms with Gasteiger partial charge in [-0.2, -0.15) is 4.72 Å². The molecule has 0 aliphatic carbocycles. The Balaban J connectivity index is 3.19. The van der Waals surface area contributed by atoms with Crippen molar-refractivity contribution in [2.45, 2.75) is 24.8 Å². The zero-order chi connectivity index (χ0) is 13.2. The van der Waals surface area contributed by atoms with Crippen molar-refractivity contribution in [3.63, 3.8) is 0 Å². The molecular formula is C10H12FNO4S. The number of aliphatic carboxylic acids is 1. The van der Waals surface area contributed by atoms with Crippen molar-refractivity contribution in [3.8, 4) is 0 Å². The normalized spacial score (nSPS) is 13.4. The number of sulfonamides is 1. The molecule has 0 amide bonds. The lowest BCUT2D eigenvalue weighted by Gasteiger charge is -2.12. The molecule has 0 aliphatic rings. The fraction of sp³-hybridized carbons (Fsp3) is 0.300. The fourth-order valence-corrected chi connectivity index (χ4v) is 2.80. The smallest absolute Gasteiger partial charge is 0.321 e. The molecule has 0 unspecified atom stereocenters. The summed E-state index contributed by atoms with van der Waals surface area (Å²) >= 11 is 0. The highest BCUT2D eigenvalue weighted by atomic mass is 32.2. The Morgan fingerprint density at radius 3 is 2.53 bits per heavy atom. The second kappa shape index (κ2) is 4.80. The van der Waals surface area contributed by atoms with Crippen molar-refractivity contribution in [1.29, 1.82) is 0 Å². The number of carboxylic acids is 1. The van der Waals surface area contributed by atoms with Gasteiger partial charge in [-0.25, -0.2) is 12.8 Å². The Bertz CT molecular complexity index is 521. The standard InChI is InChI=1S/C10H12FNO4S/c1-6-4-3-5-8(11)9(6)17(15,16)12-7(2)10(13)14/h3-5,7,12H,1-2H3,(H,13,14)/t7-/m0/s1. The van der Waals surface area contributed by atoms with E-state index in [1.54, 1.807) is 0 Å². The first-order chi connectivity index (χ1) is 7.75. The van der Waals surface area contributed by atoms with Gasteiger partial charge in [-0.3, -0.25) is 4.79 Å². The number of benzene rings is 1. The van der Waals surface area contributed by atoms with Crippen LogP contribution in [-0.4, -0.2) is 25.5 Å². The number of carboxylic acid groups (broad SMARTS) is 1. The third kappa shape index (κ3) is 3.01. The van der Waals surface area contributed by atoms with Gasteiger partial charge in [0.05, 0.1) is 0 Å². The van der Waals surface area contributed by atoms with Crippen molar-refractivity contribution >= 4 is 16.0 Å². The fourth-order valence-electron chi connectivity index (χ4n) is 1.30. The highest BCUT2D eigenvalue weighted by molar-refractivity contribution is 7.89. The van der Waals surface area contributed by atoms with Crippen LogP contribution in [0.2, 0.25) is 0 Å². The average Bonchev–Trinajstić information content (AvgIpc) is 2.15. The van der Waals surface area contributed by atoms with Gasteiger partial charge in [-0.1, -0.05) is 12.1 Å². The van der Waals surface area contributed by atoms with Crippen LogP contribution in [0, 0.1) is 12.7 Å². The van der Waals surface area contributed by atoms with Crippen LogP contribution in [0.5, 0.6) is 0 Å². The summed E-state index contributed by atoms with van der Waals surface area (Å²) in [5.74, 6) is -2.24. The lowest BCUT2D eigenvalue weighted by Crippen LogP contribution is -2.38. The van der Waals surface area contributed by atoms with Crippen LogP contribution in [0.25, 0.3) is 0 Å². The summed E-state index contributed by atoms with van der Waals surface area (Å²) in [6, 6.07) is 2.50. The van der Waals surface area contributed by atoms with E-state index in [0.29, 0.717) is 0 Å². The summed E-state index contributed by atoms with van der Waals surface area (Å²) < 4.78 is 38.9. The minimum absolute atomic E-state index is 0.218. The van der Waals surface area contributed by atoms with Crippen molar-refractivity contribution < 1.29 is 22.7 Å². The van der Waals surface area contributed by atoms with E-state index in [9.17, 15) is 17.6 Å². The van der Waals surface area contributed by atoms with Gasteiger partial charge in [0.2, 0.25) is 10.0 Å². The SMILES string of the molecule is Cc1cccc(F)c1S(=O)(=O)N[C@@H](C)C(=O)O. The molecule has 2 N–H and O–H groups in total. The van der Waals surface area contributed by atoms with E-state index in [2.05, 4.69) is 0 Å². The molecule has 0 heterocycles. The van der Waals surface area contributed by atoms with Gasteiger partial charge in [0, 0.05) is 0 Å². The Labute approximate surface area is 98.3 Å². The van der Waals surface area contributed by atoms with E-state index in [0.717, 1.165) is 13.0 Å². The van der Waals surface area contributed by atoms with E-state index in [1.165, 1.54) is 19.1 Å². The van der Waals surface area contributed by atoms with E-state index < -0.39 is 32.7 Å². The molecule has 0 radical (unpaired) electrons. The minimum Gasteiger partial charge on any atom is -0.480 e. The molecule has 94 valence electrons. The minimum atomic E-state index is -4.17. The topological polar surface area (TPSA) is 83.5 Å². The third-order valence-electron chi connectivity index (χ3n) is 2.13. The van der Waals surface area contributed by atoms with Crippen LogP contribution >= 0.6 is 0 Å². The summed E-state index contributed by atoms with van der Waals surface area (Å²) in [5, 5.41) is 8.61. The van der Waals surface area contributed by atoms with Crippen LogP contribution in [0.3, 0.4) is 0 Å². The van der Waals surface area contributed by atoms with Gasteiger partial charge in [-0.05, 0) is 25.5 Å². The number of carbonyl (C=O) groups is 1. The van der Waals surface area contributed by atoms with Crippen molar-refractivity contribution in [2.75, 3.05) is 0 Å². The maximum atomic E-state index is 13.4. The molecule has 1 aromatic carbocycles. The van der Waals surface area contributed by atoms with Gasteiger partial charge in [-0.15, -0.1) is 0 Å². The lowest BCUT2D eigenvalue weighted by molar-refractivity contribution is -0.138. The van der Waals surface area contributed by atoms with Gasteiger partial charge in [0.25, 0.3) is 0 Å². The van der Waals surface area contributed by atoms with Crippen LogP contribution < -0.4 is 4.72 Å². The third-order valence-corrected chi connectivity index (χ3v) is 3.85. The molecule has 0 aromatic heterocycles. The molecule has 0 saturated carbocycles. The highest BCUT2D eigenvalue weighted by Crippen LogP contribution is 2.18. The largest absolute Gasteiger partial charge is 0.480 e. The Kier molecular flexibility index (Phi) is 3.84. The van der Waals surface area contributed by atoms with Crippen LogP contribution in [0.4, 0.5) is 4.39 Å². The maximum Gasteiger partial charge on any atom is 0.321 e. The zero-order valence-electron chi connectivity index (χ0n) is 9.27. The molecule has 1 aromatic rings. The van der Waals surface area contributed by atoms with Crippen molar-refractivity contribution in [2.24, 2.45) is 0 Å². The van der Waals surface area contributed by atoms with Gasteiger partial charge in [0.1, 0.15) is 16.8 Å². The first-order valence-corrected chi connectivity index (χ1v) is 6.24. The summed E-state index contributed by atoms with van der Waals surface area (Å²) in [5.41, 5.74) is 0.218. The first kappa shape index (κ1) is 13.6. The Morgan fingerprint density at radius 1 is 1.47 bits per heavy atom. The first-order valence-electron chi connectivity index (χ1n) is 4.76. The molecule has 0 spiro atoms. The monoisotopic (exact) mass is 261 g/mol. The number of hydrogen-bond donors (Lipinski definition) is 2. The number of rotatable bonds is 4. The Hall–Kier alpha value is -1.47. The van der Waals surface area contributed by atoms with Crippen LogP contribution in [-0.2, 0) is 14.8 Å². The predicted octanol–water partition coefficient (Wildman–Crippen LogP) is 0.886. The number of halogens is 1. The average molecular weight is 261 g/mol. The van der Waals surface area contributed by atoms with Crippen molar-refractivity contribution in [1.82, 2.24) is 4.72 Å². The number of nitrogens with one attached hydrogen (secondary N) is 1. The van der Waals surface area contributed by atoms with Crippen molar-refractivity contribution in [3.05, 3.63) is 29.6 Å². The number of aryl methyl sites for hydroxylation is 1. The molecular weight excluding hydrogens is 249 g/mol. The second-order valence-corrected chi connectivity index (χ2v) is 5.22. The van der Waals surface area contributed by atoms with E-state index in [1.807, 2.05) is 4.72 Å². The molecule has 1 atom stereocenters. The summed E-state index contributed by atoms with van der Waals surface area (Å²) in [4.78, 5) is 10.0. The molecule has 7 heteroatoms. The molecule has 17 heavy (non-hydrogen) atoms. The predicted molar refractivity (Wildman–Crippen MR) is 58.6 cm³/mol. The van der Waals surface area contributed by atoms with Gasteiger partial charge < -0.3 is 5.11 Å². The van der Waals surface area contributed by atoms with Gasteiger partial charge in [0.15, 0.2) is 0 Å². The van der Waals surface area contributed by atoms with Crippen LogP contribution in [0.15, 0.2) is 23.1 Å². The molecule has 0 aliphatic heterocycles. The van der Waals surface area contributed by atoms with E-state index >= 15 is 0 Å². The lowest BCUT2D eigenvalue weighted by atomic mass is 10.2. The maximum absolute atomic E-state index is 13.4. The summed E-state index contributed by atoms with van der Waals surface area (Å²) in [7, 11) is -4.17. The van der Waals surface area contributed by atoms with E-state index in [4.69, 9.17) is 5.11 Å². The van der Waals surface area contributed by atoms with E-state index in [-0.39, 0.29) is 5.56 Å². The summed E-state index contributed by atoms with van der Waals surface area (Å²) in [6.07, 6.45) is 0. The van der Waals surface area contributed by atoms with Crippen LogP contribution in [0.1, 0.15) is 12.5 Å². The molecule has 0 saturated heterocycles. The van der Waals surface area contributed by atoms with Gasteiger partial charge >= 0.3 is 5.97 Å². The molecule has 1 rings (SSSR count). The number of hydrogen-bond acceptors (Lipinski definition) is 3. The highest BCUT2D eigenvalue weighted by Gasteiger charge is 2.25. The molecule has 0 bridgehead atoms. The molecule has 5 nitrogen and oxygen atoms in total. The quantitative estimate of drug-likeness (QED) is 0.843. The molecule has 0 fully saturated rings.